The van der Waals surface area contributed by atoms with E-state index in [0.717, 1.165) is 50.3 Å². The second-order valence-corrected chi connectivity index (χ2v) is 8.58. The Morgan fingerprint density at radius 2 is 1.17 bits per heavy atom. The van der Waals surface area contributed by atoms with Crippen molar-refractivity contribution in [1.29, 1.82) is 0 Å². The summed E-state index contributed by atoms with van der Waals surface area (Å²) in [6.07, 6.45) is 9.60. The average Bonchev–Trinajstić information content (AvgIpc) is 3.41. The lowest BCUT2D eigenvalue weighted by Crippen LogP contribution is -1.77. The number of hydrogen-bond donors (Lipinski definition) is 2. The summed E-state index contributed by atoms with van der Waals surface area (Å²) in [5.74, 6) is 0.511. The molecule has 5 heteroatoms. The first-order valence-corrected chi connectivity index (χ1v) is 11.6. The molecule has 172 valence electrons. The molecule has 36 heavy (non-hydrogen) atoms. The maximum Gasteiger partial charge on any atom is 0.116 e. The molecular formula is C31H21N3O2. The Bertz CT molecular complexity index is 1670. The number of rotatable bonds is 4. The highest BCUT2D eigenvalue weighted by atomic mass is 16.3. The summed E-state index contributed by atoms with van der Waals surface area (Å²) >= 11 is 0. The van der Waals surface area contributed by atoms with Crippen LogP contribution in [0.5, 0.6) is 11.5 Å². The predicted octanol–water partition coefficient (Wildman–Crippen LogP) is 6.94. The highest BCUT2D eigenvalue weighted by Gasteiger charge is 2.12. The molecule has 2 aliphatic heterocycles. The zero-order valence-corrected chi connectivity index (χ0v) is 19.2. The molecule has 0 saturated heterocycles. The zero-order chi connectivity index (χ0) is 24.5. The van der Waals surface area contributed by atoms with Gasteiger partial charge in [-0.25, -0.2) is 0 Å². The van der Waals surface area contributed by atoms with Crippen molar-refractivity contribution < 1.29 is 10.2 Å². The van der Waals surface area contributed by atoms with Crippen molar-refractivity contribution in [3.8, 4) is 45.0 Å². The van der Waals surface area contributed by atoms with Gasteiger partial charge in [0.25, 0.3) is 0 Å². The predicted molar refractivity (Wildman–Crippen MR) is 144 cm³/mol. The molecule has 0 spiro atoms. The molecule has 2 N–H and O–H groups in total. The van der Waals surface area contributed by atoms with Crippen molar-refractivity contribution in [3.63, 3.8) is 0 Å². The molecule has 0 aromatic rings. The third-order valence-electron chi connectivity index (χ3n) is 6.19. The Kier molecular flexibility index (Phi) is 5.35. The minimum atomic E-state index is 0.253. The molecule has 0 bridgehead atoms. The van der Waals surface area contributed by atoms with Gasteiger partial charge in [-0.3, -0.25) is 4.98 Å². The Morgan fingerprint density at radius 1 is 0.556 bits per heavy atom. The van der Waals surface area contributed by atoms with Gasteiger partial charge in [-0.05, 0) is 81.9 Å². The lowest BCUT2D eigenvalue weighted by atomic mass is 10.1. The number of aromatic nitrogens is 3. The Hall–Kier alpha value is -5.03. The van der Waals surface area contributed by atoms with Crippen molar-refractivity contribution in [2.24, 2.45) is 0 Å². The van der Waals surface area contributed by atoms with Gasteiger partial charge in [-0.1, -0.05) is 60.7 Å². The van der Waals surface area contributed by atoms with E-state index in [9.17, 15) is 10.2 Å². The molecule has 0 radical (unpaired) electrons. The minimum absolute atomic E-state index is 0.253. The van der Waals surface area contributed by atoms with Gasteiger partial charge >= 0.3 is 0 Å². The molecule has 6 rings (SSSR count). The van der Waals surface area contributed by atoms with Crippen LogP contribution in [0.25, 0.3) is 57.8 Å². The maximum atomic E-state index is 9.92. The van der Waals surface area contributed by atoms with E-state index < -0.39 is 0 Å². The number of hydrogen-bond acceptors (Lipinski definition) is 5. The van der Waals surface area contributed by atoms with Crippen LogP contribution in [0.2, 0.25) is 0 Å². The lowest BCUT2D eigenvalue weighted by molar-refractivity contribution is 0.477. The fourth-order valence-electron chi connectivity index (χ4n) is 4.43. The van der Waals surface area contributed by atoms with Crippen molar-refractivity contribution in [2.45, 2.75) is 0 Å². The molecule has 0 aromatic carbocycles. The zero-order valence-electron chi connectivity index (χ0n) is 19.2. The fourth-order valence-corrected chi connectivity index (χ4v) is 4.43. The summed E-state index contributed by atoms with van der Waals surface area (Å²) < 4.78 is 0. The van der Waals surface area contributed by atoms with E-state index in [4.69, 9.17) is 0 Å². The van der Waals surface area contributed by atoms with Gasteiger partial charge in [0.2, 0.25) is 0 Å². The van der Waals surface area contributed by atoms with Crippen LogP contribution in [0.3, 0.4) is 0 Å². The first-order chi connectivity index (χ1) is 17.6. The molecule has 0 atom stereocenters. The van der Waals surface area contributed by atoms with Crippen LogP contribution in [-0.2, 0) is 0 Å². The molecule has 0 saturated carbocycles. The Labute approximate surface area is 208 Å². The van der Waals surface area contributed by atoms with Crippen LogP contribution in [-0.4, -0.2) is 25.4 Å². The van der Waals surface area contributed by atoms with Crippen LogP contribution >= 0.6 is 0 Å². The van der Waals surface area contributed by atoms with Crippen molar-refractivity contribution >= 4 is 24.3 Å². The normalized spacial score (nSPS) is 11.9. The Morgan fingerprint density at radius 3 is 1.83 bits per heavy atom. The summed E-state index contributed by atoms with van der Waals surface area (Å²) in [4.78, 5) is 4.58. The summed E-state index contributed by atoms with van der Waals surface area (Å²) in [5.41, 5.74) is 9.01. The smallest absolute Gasteiger partial charge is 0.116 e. The molecule has 0 unspecified atom stereocenters. The molecular weight excluding hydrogens is 446 g/mol. The van der Waals surface area contributed by atoms with Crippen LogP contribution < -0.4 is 0 Å². The van der Waals surface area contributed by atoms with Crippen LogP contribution in [0, 0.1) is 0 Å². The van der Waals surface area contributed by atoms with Gasteiger partial charge in [-0.15, -0.1) is 10.2 Å². The van der Waals surface area contributed by atoms with E-state index >= 15 is 0 Å². The van der Waals surface area contributed by atoms with Gasteiger partial charge in [0.05, 0.1) is 17.6 Å². The third kappa shape index (κ3) is 4.14. The molecule has 5 nitrogen and oxygen atoms in total. The molecule has 4 aliphatic carbocycles. The quantitative estimate of drug-likeness (QED) is 0.294. The SMILES string of the molecule is Oc1cc2ccccc(/C=C/c3ccc4c(/C=C/c5ccccc6cc(O)cc5-6)nnc-4cn3)c-2c1. The van der Waals surface area contributed by atoms with E-state index in [1.165, 1.54) is 0 Å². The van der Waals surface area contributed by atoms with Gasteiger partial charge in [0, 0.05) is 5.56 Å². The number of fused-ring (bicyclic) bond motifs is 3. The molecule has 0 fully saturated rings. The molecule has 0 aromatic heterocycles. The van der Waals surface area contributed by atoms with Crippen molar-refractivity contribution in [1.82, 2.24) is 15.2 Å². The topological polar surface area (TPSA) is 79.1 Å². The average molecular weight is 468 g/mol. The van der Waals surface area contributed by atoms with E-state index in [1.54, 1.807) is 30.5 Å². The summed E-state index contributed by atoms with van der Waals surface area (Å²) in [6.45, 7) is 0. The molecule has 0 amide bonds. The summed E-state index contributed by atoms with van der Waals surface area (Å²) in [5, 5.41) is 28.5. The van der Waals surface area contributed by atoms with Crippen LogP contribution in [0.4, 0.5) is 0 Å². The van der Waals surface area contributed by atoms with Gasteiger partial charge in [-0.2, -0.15) is 0 Å². The maximum absolute atomic E-state index is 9.92. The monoisotopic (exact) mass is 467 g/mol. The molecule has 2 heterocycles. The van der Waals surface area contributed by atoms with Crippen molar-refractivity contribution in [2.75, 3.05) is 0 Å². The lowest BCUT2D eigenvalue weighted by Gasteiger charge is -1.97. The minimum Gasteiger partial charge on any atom is -0.508 e. The second kappa shape index (κ2) is 8.96. The fraction of sp³-hybridized carbons (Fsp3) is 0. The van der Waals surface area contributed by atoms with E-state index in [2.05, 4.69) is 15.2 Å². The van der Waals surface area contributed by atoms with Gasteiger partial charge in [0.15, 0.2) is 0 Å². The number of nitrogens with zero attached hydrogens (tertiary/aromatic N) is 3. The van der Waals surface area contributed by atoms with Gasteiger partial charge in [0.1, 0.15) is 17.2 Å². The highest BCUT2D eigenvalue weighted by Crippen LogP contribution is 2.34. The number of aromatic hydroxyl groups is 2. The standard InChI is InChI=1S/C31H21N3O2/c35-25-15-22-7-3-1-5-20(28(22)17-25)9-11-24-12-13-27-30(33-34-31(27)19-32-24)14-10-21-6-2-4-8-23-16-26(36)18-29(21)23/h1-19,35-36H/b11-9+,14-10+. The van der Waals surface area contributed by atoms with E-state index in [-0.39, 0.29) is 11.5 Å². The first kappa shape index (κ1) is 21.5. The van der Waals surface area contributed by atoms with Crippen LogP contribution in [0.1, 0.15) is 22.5 Å². The molecule has 6 aliphatic rings. The third-order valence-corrected chi connectivity index (χ3v) is 6.19. The van der Waals surface area contributed by atoms with Crippen molar-refractivity contribution in [3.05, 3.63) is 114 Å². The van der Waals surface area contributed by atoms with E-state index in [1.807, 2.05) is 85.0 Å². The Balaban J connectivity index is 1.31. The largest absolute Gasteiger partial charge is 0.508 e. The van der Waals surface area contributed by atoms with Crippen LogP contribution in [0.15, 0.2) is 91.1 Å². The summed E-state index contributed by atoms with van der Waals surface area (Å²) in [6, 6.07) is 26.8. The van der Waals surface area contributed by atoms with Gasteiger partial charge < -0.3 is 10.2 Å². The first-order valence-electron chi connectivity index (χ1n) is 11.6. The highest BCUT2D eigenvalue weighted by molar-refractivity contribution is 5.86. The van der Waals surface area contributed by atoms with E-state index in [0.29, 0.717) is 5.69 Å². The second-order valence-electron chi connectivity index (χ2n) is 8.58. The summed E-state index contributed by atoms with van der Waals surface area (Å²) in [7, 11) is 0.